The maximum absolute atomic E-state index is 11.0. The van der Waals surface area contributed by atoms with Gasteiger partial charge in [-0.25, -0.2) is 4.98 Å². The number of phenolic OH excluding ortho intramolecular Hbond substituents is 1. The molecule has 5 heteroatoms. The Bertz CT molecular complexity index is 1160. The van der Waals surface area contributed by atoms with Gasteiger partial charge >= 0.3 is 0 Å². The van der Waals surface area contributed by atoms with Crippen LogP contribution in [0.2, 0.25) is 0 Å². The highest BCUT2D eigenvalue weighted by molar-refractivity contribution is 5.86. The van der Waals surface area contributed by atoms with Crippen molar-refractivity contribution < 1.29 is 9.84 Å². The molecule has 1 atom stereocenters. The summed E-state index contributed by atoms with van der Waals surface area (Å²) in [6.45, 7) is 5.96. The van der Waals surface area contributed by atoms with E-state index in [0.29, 0.717) is 5.52 Å². The summed E-state index contributed by atoms with van der Waals surface area (Å²) in [5.41, 5.74) is 3.23. The number of nitrogens with one attached hydrogen (secondary N) is 1. The van der Waals surface area contributed by atoms with E-state index in [0.717, 1.165) is 33.8 Å². The van der Waals surface area contributed by atoms with E-state index in [1.165, 1.54) is 0 Å². The predicted molar refractivity (Wildman–Crippen MR) is 120 cm³/mol. The van der Waals surface area contributed by atoms with E-state index in [1.54, 1.807) is 6.20 Å². The SMILES string of the molecule is Cc1cccc(NC(c2ccc(OC(C)C)cc2)c2ccc3cccnc3c2O)n1. The fourth-order valence-corrected chi connectivity index (χ4v) is 3.50. The topological polar surface area (TPSA) is 67.3 Å². The van der Waals surface area contributed by atoms with Gasteiger partial charge in [0.25, 0.3) is 0 Å². The minimum atomic E-state index is -0.307. The van der Waals surface area contributed by atoms with Crippen molar-refractivity contribution in [2.24, 2.45) is 0 Å². The molecule has 1 unspecified atom stereocenters. The van der Waals surface area contributed by atoms with Crippen molar-refractivity contribution in [2.45, 2.75) is 32.9 Å². The number of pyridine rings is 2. The zero-order chi connectivity index (χ0) is 21.1. The van der Waals surface area contributed by atoms with Crippen molar-refractivity contribution in [1.82, 2.24) is 9.97 Å². The zero-order valence-corrected chi connectivity index (χ0v) is 17.3. The van der Waals surface area contributed by atoms with Crippen LogP contribution < -0.4 is 10.1 Å². The van der Waals surface area contributed by atoms with Gasteiger partial charge in [0.05, 0.1) is 12.1 Å². The number of aryl methyl sites for hydroxylation is 1. The number of fused-ring (bicyclic) bond motifs is 1. The van der Waals surface area contributed by atoms with Crippen LogP contribution in [-0.4, -0.2) is 21.2 Å². The third-order valence-corrected chi connectivity index (χ3v) is 4.86. The monoisotopic (exact) mass is 399 g/mol. The average molecular weight is 399 g/mol. The number of hydrogen-bond acceptors (Lipinski definition) is 5. The molecule has 2 aromatic carbocycles. The van der Waals surface area contributed by atoms with Crippen LogP contribution in [0.4, 0.5) is 5.82 Å². The second-order valence-corrected chi connectivity index (χ2v) is 7.56. The van der Waals surface area contributed by atoms with E-state index in [9.17, 15) is 5.11 Å². The zero-order valence-electron chi connectivity index (χ0n) is 17.3. The fourth-order valence-electron chi connectivity index (χ4n) is 3.50. The number of aromatic nitrogens is 2. The first-order valence-electron chi connectivity index (χ1n) is 10.0. The lowest BCUT2D eigenvalue weighted by Crippen LogP contribution is -2.14. The number of rotatable bonds is 6. The summed E-state index contributed by atoms with van der Waals surface area (Å²) in [5.74, 6) is 1.72. The van der Waals surface area contributed by atoms with Crippen LogP contribution >= 0.6 is 0 Å². The lowest BCUT2D eigenvalue weighted by molar-refractivity contribution is 0.242. The molecule has 0 fully saturated rings. The summed E-state index contributed by atoms with van der Waals surface area (Å²) < 4.78 is 5.78. The van der Waals surface area contributed by atoms with Gasteiger partial charge in [-0.3, -0.25) is 4.98 Å². The second kappa shape index (κ2) is 8.41. The van der Waals surface area contributed by atoms with Gasteiger partial charge < -0.3 is 15.2 Å². The number of phenols is 1. The van der Waals surface area contributed by atoms with Crippen molar-refractivity contribution >= 4 is 16.7 Å². The van der Waals surface area contributed by atoms with Crippen LogP contribution in [0.3, 0.4) is 0 Å². The molecular formula is C25H25N3O2. The van der Waals surface area contributed by atoms with E-state index < -0.39 is 0 Å². The molecule has 0 aliphatic heterocycles. The standard InChI is InChI=1S/C25H25N3O2/c1-16(2)30-20-12-9-19(10-13-20)23(28-22-8-4-6-17(3)27-22)21-14-11-18-7-5-15-26-24(18)25(21)29/h4-16,23,29H,1-3H3,(H,27,28). The molecule has 0 aliphatic rings. The Morgan fingerprint density at radius 1 is 0.933 bits per heavy atom. The van der Waals surface area contributed by atoms with Crippen molar-refractivity contribution in [2.75, 3.05) is 5.32 Å². The van der Waals surface area contributed by atoms with Gasteiger partial charge in [0.1, 0.15) is 22.8 Å². The number of hydrogen-bond donors (Lipinski definition) is 2. The minimum Gasteiger partial charge on any atom is -0.505 e. The summed E-state index contributed by atoms with van der Waals surface area (Å²) >= 11 is 0. The largest absolute Gasteiger partial charge is 0.505 e. The number of anilines is 1. The van der Waals surface area contributed by atoms with Crippen LogP contribution in [0.15, 0.2) is 72.9 Å². The highest BCUT2D eigenvalue weighted by Gasteiger charge is 2.20. The molecular weight excluding hydrogens is 374 g/mol. The molecule has 4 aromatic rings. The molecule has 0 spiro atoms. The molecule has 2 heterocycles. The first-order chi connectivity index (χ1) is 14.5. The normalized spacial score (nSPS) is 12.1. The molecule has 152 valence electrons. The van der Waals surface area contributed by atoms with Gasteiger partial charge in [-0.2, -0.15) is 0 Å². The average Bonchev–Trinajstić information content (AvgIpc) is 2.73. The number of aromatic hydroxyl groups is 1. The van der Waals surface area contributed by atoms with Crippen LogP contribution in [0.5, 0.6) is 11.5 Å². The number of benzene rings is 2. The quantitative estimate of drug-likeness (QED) is 0.440. The van der Waals surface area contributed by atoms with E-state index in [2.05, 4.69) is 15.3 Å². The fraction of sp³-hybridized carbons (Fsp3) is 0.200. The van der Waals surface area contributed by atoms with Crippen molar-refractivity contribution in [1.29, 1.82) is 0 Å². The molecule has 2 N–H and O–H groups in total. The van der Waals surface area contributed by atoms with E-state index >= 15 is 0 Å². The Hall–Kier alpha value is -3.60. The van der Waals surface area contributed by atoms with Crippen molar-refractivity contribution in [3.8, 4) is 11.5 Å². The van der Waals surface area contributed by atoms with Crippen LogP contribution in [0.1, 0.15) is 36.7 Å². The van der Waals surface area contributed by atoms with Crippen LogP contribution in [-0.2, 0) is 0 Å². The molecule has 0 saturated carbocycles. The Kier molecular flexibility index (Phi) is 5.53. The maximum Gasteiger partial charge on any atom is 0.147 e. The molecule has 2 aromatic heterocycles. The molecule has 5 nitrogen and oxygen atoms in total. The Labute approximate surface area is 176 Å². The highest BCUT2D eigenvalue weighted by atomic mass is 16.5. The van der Waals surface area contributed by atoms with Crippen LogP contribution in [0, 0.1) is 6.92 Å². The Morgan fingerprint density at radius 3 is 2.47 bits per heavy atom. The Morgan fingerprint density at radius 2 is 1.73 bits per heavy atom. The Balaban J connectivity index is 1.78. The summed E-state index contributed by atoms with van der Waals surface area (Å²) in [6.07, 6.45) is 1.80. The predicted octanol–water partition coefficient (Wildman–Crippen LogP) is 5.63. The van der Waals surface area contributed by atoms with Gasteiger partial charge in [-0.05, 0) is 56.7 Å². The third-order valence-electron chi connectivity index (χ3n) is 4.86. The van der Waals surface area contributed by atoms with E-state index in [1.807, 2.05) is 87.5 Å². The number of ether oxygens (including phenoxy) is 1. The summed E-state index contributed by atoms with van der Waals surface area (Å²) in [5, 5.41) is 15.4. The van der Waals surface area contributed by atoms with Crippen molar-refractivity contribution in [3.05, 3.63) is 89.7 Å². The molecule has 0 bridgehead atoms. The van der Waals surface area contributed by atoms with Gasteiger partial charge in [0.15, 0.2) is 0 Å². The molecule has 0 radical (unpaired) electrons. The minimum absolute atomic E-state index is 0.108. The first-order valence-corrected chi connectivity index (χ1v) is 10.0. The van der Waals surface area contributed by atoms with Gasteiger partial charge in [0.2, 0.25) is 0 Å². The lowest BCUT2D eigenvalue weighted by atomic mass is 9.96. The maximum atomic E-state index is 11.0. The third kappa shape index (κ3) is 4.20. The molecule has 30 heavy (non-hydrogen) atoms. The van der Waals surface area contributed by atoms with Gasteiger partial charge in [-0.15, -0.1) is 0 Å². The molecule has 0 amide bonds. The smallest absolute Gasteiger partial charge is 0.147 e. The van der Waals surface area contributed by atoms with Gasteiger partial charge in [-0.1, -0.05) is 36.4 Å². The molecule has 0 aliphatic carbocycles. The van der Waals surface area contributed by atoms with Gasteiger partial charge in [0, 0.05) is 22.8 Å². The van der Waals surface area contributed by atoms with E-state index in [-0.39, 0.29) is 17.9 Å². The first kappa shape index (κ1) is 19.7. The molecule has 0 saturated heterocycles. The second-order valence-electron chi connectivity index (χ2n) is 7.56. The summed E-state index contributed by atoms with van der Waals surface area (Å²) in [4.78, 5) is 8.95. The highest BCUT2D eigenvalue weighted by Crippen LogP contribution is 2.36. The van der Waals surface area contributed by atoms with Crippen LogP contribution in [0.25, 0.3) is 10.9 Å². The number of nitrogens with zero attached hydrogens (tertiary/aromatic N) is 2. The summed E-state index contributed by atoms with van der Waals surface area (Å²) in [7, 11) is 0. The van der Waals surface area contributed by atoms with Crippen molar-refractivity contribution in [3.63, 3.8) is 0 Å². The van der Waals surface area contributed by atoms with E-state index in [4.69, 9.17) is 4.74 Å². The summed E-state index contributed by atoms with van der Waals surface area (Å²) in [6, 6.07) is 21.2. The lowest BCUT2D eigenvalue weighted by Gasteiger charge is -2.22. The molecule has 4 rings (SSSR count).